The molecule has 168 valence electrons. The third-order valence-corrected chi connectivity index (χ3v) is 8.35. The number of hydrogen-bond donors (Lipinski definition) is 2. The fraction of sp³-hybridized carbons (Fsp3) is 0.261. The minimum atomic E-state index is -3.97. The third-order valence-electron chi connectivity index (χ3n) is 5.25. The van der Waals surface area contributed by atoms with Crippen molar-refractivity contribution in [1.29, 1.82) is 0 Å². The molecule has 0 radical (unpaired) electrons. The van der Waals surface area contributed by atoms with Gasteiger partial charge in [-0.2, -0.15) is 4.72 Å². The Bertz CT molecular complexity index is 1150. The van der Waals surface area contributed by atoms with E-state index in [0.717, 1.165) is 46.1 Å². The molecule has 9 heteroatoms. The predicted molar refractivity (Wildman–Crippen MR) is 125 cm³/mol. The van der Waals surface area contributed by atoms with E-state index in [2.05, 4.69) is 9.62 Å². The number of hydrogen-bond acceptors (Lipinski definition) is 6. The van der Waals surface area contributed by atoms with E-state index in [9.17, 15) is 18.3 Å². The van der Waals surface area contributed by atoms with Gasteiger partial charge in [0.05, 0.1) is 13.2 Å². The van der Waals surface area contributed by atoms with Gasteiger partial charge in [0.1, 0.15) is 10.3 Å². The summed E-state index contributed by atoms with van der Waals surface area (Å²) in [6.07, 6.45) is 0.0661. The molecular weight excluding hydrogens is 448 g/mol. The SMILES string of the molecule is O=C(O)C(Cc1ccccc1)NS(=O)(=O)c1ccc(-c2ccc(N3CCOCC3)cc2)s1. The summed E-state index contributed by atoms with van der Waals surface area (Å²) in [7, 11) is -3.97. The summed E-state index contributed by atoms with van der Waals surface area (Å²) in [6.45, 7) is 3.12. The number of anilines is 1. The molecule has 2 N–H and O–H groups in total. The van der Waals surface area contributed by atoms with E-state index in [4.69, 9.17) is 4.74 Å². The molecule has 0 bridgehead atoms. The van der Waals surface area contributed by atoms with Crippen LogP contribution in [0.3, 0.4) is 0 Å². The van der Waals surface area contributed by atoms with E-state index in [1.807, 2.05) is 30.3 Å². The van der Waals surface area contributed by atoms with Crippen molar-refractivity contribution >= 4 is 33.0 Å². The third kappa shape index (κ3) is 5.36. The average molecular weight is 473 g/mol. The zero-order valence-corrected chi connectivity index (χ0v) is 18.9. The molecule has 1 fully saturated rings. The van der Waals surface area contributed by atoms with E-state index < -0.39 is 22.0 Å². The topological polar surface area (TPSA) is 95.9 Å². The zero-order valence-electron chi connectivity index (χ0n) is 17.3. The van der Waals surface area contributed by atoms with Gasteiger partial charge in [-0.25, -0.2) is 8.42 Å². The lowest BCUT2D eigenvalue weighted by Gasteiger charge is -2.28. The van der Waals surface area contributed by atoms with Crippen LogP contribution < -0.4 is 9.62 Å². The molecule has 1 saturated heterocycles. The van der Waals surface area contributed by atoms with E-state index >= 15 is 0 Å². The van der Waals surface area contributed by atoms with Crippen molar-refractivity contribution in [2.45, 2.75) is 16.7 Å². The molecule has 0 aliphatic carbocycles. The second-order valence-electron chi connectivity index (χ2n) is 7.47. The number of morpholine rings is 1. The number of rotatable bonds is 8. The molecule has 4 rings (SSSR count). The number of sulfonamides is 1. The van der Waals surface area contributed by atoms with Gasteiger partial charge in [0.2, 0.25) is 0 Å². The Balaban J connectivity index is 1.48. The minimum Gasteiger partial charge on any atom is -0.480 e. The van der Waals surface area contributed by atoms with Gasteiger partial charge in [0, 0.05) is 23.7 Å². The average Bonchev–Trinajstić information content (AvgIpc) is 3.31. The lowest BCUT2D eigenvalue weighted by Crippen LogP contribution is -2.42. The van der Waals surface area contributed by atoms with E-state index in [1.165, 1.54) is 6.07 Å². The number of carbonyl (C=O) groups is 1. The molecule has 0 spiro atoms. The van der Waals surface area contributed by atoms with Crippen molar-refractivity contribution in [1.82, 2.24) is 4.72 Å². The summed E-state index contributed by atoms with van der Waals surface area (Å²) in [5.74, 6) is -1.21. The zero-order chi connectivity index (χ0) is 22.6. The maximum Gasteiger partial charge on any atom is 0.322 e. The second-order valence-corrected chi connectivity index (χ2v) is 10.5. The van der Waals surface area contributed by atoms with Crippen LogP contribution in [-0.4, -0.2) is 51.8 Å². The highest BCUT2D eigenvalue weighted by Gasteiger charge is 2.27. The van der Waals surface area contributed by atoms with Gasteiger partial charge in [-0.05, 0) is 41.8 Å². The molecule has 2 heterocycles. The molecule has 1 aromatic heterocycles. The van der Waals surface area contributed by atoms with Gasteiger partial charge in [-0.15, -0.1) is 11.3 Å². The van der Waals surface area contributed by atoms with Crippen molar-refractivity contribution in [3.63, 3.8) is 0 Å². The molecule has 1 aliphatic heterocycles. The van der Waals surface area contributed by atoms with Crippen molar-refractivity contribution in [2.75, 3.05) is 31.2 Å². The fourth-order valence-corrected chi connectivity index (χ4v) is 6.07. The number of thiophene rings is 1. The van der Waals surface area contributed by atoms with Crippen LogP contribution in [0.5, 0.6) is 0 Å². The minimum absolute atomic E-state index is 0.0661. The first-order valence-electron chi connectivity index (χ1n) is 10.2. The number of nitrogens with zero attached hydrogens (tertiary/aromatic N) is 1. The van der Waals surface area contributed by atoms with Gasteiger partial charge < -0.3 is 14.7 Å². The van der Waals surface area contributed by atoms with Gasteiger partial charge in [0.15, 0.2) is 0 Å². The van der Waals surface area contributed by atoms with E-state index in [-0.39, 0.29) is 10.6 Å². The van der Waals surface area contributed by atoms with Gasteiger partial charge in [-0.1, -0.05) is 42.5 Å². The summed E-state index contributed by atoms with van der Waals surface area (Å²) < 4.78 is 33.5. The Morgan fingerprint density at radius 2 is 1.72 bits per heavy atom. The van der Waals surface area contributed by atoms with Crippen molar-refractivity contribution in [2.24, 2.45) is 0 Å². The lowest BCUT2D eigenvalue weighted by molar-refractivity contribution is -0.138. The monoisotopic (exact) mass is 472 g/mol. The van der Waals surface area contributed by atoms with Crippen molar-refractivity contribution < 1.29 is 23.1 Å². The van der Waals surface area contributed by atoms with E-state index in [1.54, 1.807) is 30.3 Å². The Kier molecular flexibility index (Phi) is 6.90. The highest BCUT2D eigenvalue weighted by atomic mass is 32.2. The normalized spacial score (nSPS) is 15.4. The second kappa shape index (κ2) is 9.83. The fourth-order valence-electron chi connectivity index (χ4n) is 3.55. The molecule has 2 aromatic carbocycles. The quantitative estimate of drug-likeness (QED) is 0.523. The summed E-state index contributed by atoms with van der Waals surface area (Å²) in [4.78, 5) is 14.7. The summed E-state index contributed by atoms with van der Waals surface area (Å²) in [6, 6.07) is 18.9. The van der Waals surface area contributed by atoms with E-state index in [0.29, 0.717) is 13.2 Å². The summed E-state index contributed by atoms with van der Waals surface area (Å²) in [5, 5.41) is 9.53. The van der Waals surface area contributed by atoms with Gasteiger partial charge in [0.25, 0.3) is 10.0 Å². The number of ether oxygens (including phenoxy) is 1. The van der Waals surface area contributed by atoms with Crippen LogP contribution >= 0.6 is 11.3 Å². The first-order valence-corrected chi connectivity index (χ1v) is 12.5. The molecule has 3 aromatic rings. The standard InChI is InChI=1S/C23H24N2O5S2/c26-23(27)20(16-17-4-2-1-3-5-17)24-32(28,29)22-11-10-21(31-22)18-6-8-19(9-7-18)25-12-14-30-15-13-25/h1-11,20,24H,12-16H2,(H,26,27). The maximum atomic E-state index is 12.9. The van der Waals surface area contributed by atoms with Crippen LogP contribution in [0.15, 0.2) is 70.9 Å². The van der Waals surface area contributed by atoms with Crippen LogP contribution in [-0.2, 0) is 26.0 Å². The molecular formula is C23H24N2O5S2. The first-order chi connectivity index (χ1) is 15.4. The largest absolute Gasteiger partial charge is 0.480 e. The smallest absolute Gasteiger partial charge is 0.322 e. The first kappa shape index (κ1) is 22.5. The highest BCUT2D eigenvalue weighted by Crippen LogP contribution is 2.32. The predicted octanol–water partition coefficient (Wildman–Crippen LogP) is 3.23. The maximum absolute atomic E-state index is 12.9. The number of carboxylic acid groups (broad SMARTS) is 1. The molecule has 0 amide bonds. The van der Waals surface area contributed by atoms with Crippen LogP contribution in [0.2, 0.25) is 0 Å². The molecule has 1 unspecified atom stereocenters. The van der Waals surface area contributed by atoms with Crippen LogP contribution in [0.4, 0.5) is 5.69 Å². The lowest BCUT2D eigenvalue weighted by atomic mass is 10.1. The summed E-state index contributed by atoms with van der Waals surface area (Å²) in [5.41, 5.74) is 2.76. The Hall–Kier alpha value is -2.72. The Morgan fingerprint density at radius 3 is 2.38 bits per heavy atom. The molecule has 0 saturated carbocycles. The number of nitrogens with one attached hydrogen (secondary N) is 1. The van der Waals surface area contributed by atoms with Crippen LogP contribution in [0.1, 0.15) is 5.56 Å². The van der Waals surface area contributed by atoms with Crippen LogP contribution in [0.25, 0.3) is 10.4 Å². The molecule has 32 heavy (non-hydrogen) atoms. The number of carboxylic acids is 1. The molecule has 7 nitrogen and oxygen atoms in total. The van der Waals surface area contributed by atoms with Gasteiger partial charge in [-0.3, -0.25) is 4.79 Å². The Morgan fingerprint density at radius 1 is 1.03 bits per heavy atom. The molecule has 1 aliphatic rings. The highest BCUT2D eigenvalue weighted by molar-refractivity contribution is 7.91. The van der Waals surface area contributed by atoms with Crippen molar-refractivity contribution in [3.05, 3.63) is 72.3 Å². The Labute approximate surface area is 191 Å². The summed E-state index contributed by atoms with van der Waals surface area (Å²) >= 11 is 1.12. The molecule has 1 atom stereocenters. The number of aliphatic carboxylic acids is 1. The van der Waals surface area contributed by atoms with Gasteiger partial charge >= 0.3 is 5.97 Å². The number of benzene rings is 2. The van der Waals surface area contributed by atoms with Crippen LogP contribution in [0, 0.1) is 0 Å². The van der Waals surface area contributed by atoms with Crippen molar-refractivity contribution in [3.8, 4) is 10.4 Å².